The van der Waals surface area contributed by atoms with Gasteiger partial charge in [0.25, 0.3) is 5.91 Å². The minimum Gasteiger partial charge on any atom is -0.462 e. The lowest BCUT2D eigenvalue weighted by molar-refractivity contribution is 0.0526. The number of hydrogen-bond acceptors (Lipinski definition) is 6. The second-order valence-electron chi connectivity index (χ2n) is 5.35. The van der Waals surface area contributed by atoms with Crippen molar-refractivity contribution in [2.24, 2.45) is 0 Å². The van der Waals surface area contributed by atoms with Crippen molar-refractivity contribution >= 4 is 23.5 Å². The molecule has 1 heterocycles. The maximum atomic E-state index is 11.8. The van der Waals surface area contributed by atoms with E-state index in [2.05, 4.69) is 20.6 Å². The Bertz CT molecular complexity index is 697. The minimum atomic E-state index is -0.360. The van der Waals surface area contributed by atoms with Crippen LogP contribution >= 0.6 is 0 Å². The first kappa shape index (κ1) is 17.4. The number of aromatic nitrogens is 2. The number of hydrogen-bond donors (Lipinski definition) is 2. The van der Waals surface area contributed by atoms with E-state index in [1.165, 1.54) is 12.4 Å². The number of nitrogens with one attached hydrogen (secondary N) is 2. The van der Waals surface area contributed by atoms with Gasteiger partial charge in [0.2, 0.25) is 5.95 Å². The molecular weight excluding hydrogens is 308 g/mol. The minimum absolute atomic E-state index is 0.0493. The van der Waals surface area contributed by atoms with E-state index in [-0.39, 0.29) is 17.9 Å². The molecule has 0 aliphatic heterocycles. The lowest BCUT2D eigenvalue weighted by Crippen LogP contribution is -2.30. The fourth-order valence-electron chi connectivity index (χ4n) is 1.89. The van der Waals surface area contributed by atoms with E-state index in [0.29, 0.717) is 23.7 Å². The van der Waals surface area contributed by atoms with Gasteiger partial charge < -0.3 is 15.4 Å². The first-order valence-electron chi connectivity index (χ1n) is 7.66. The second-order valence-corrected chi connectivity index (χ2v) is 5.35. The van der Waals surface area contributed by atoms with Crippen LogP contribution in [0.5, 0.6) is 0 Å². The van der Waals surface area contributed by atoms with Gasteiger partial charge in [-0.3, -0.25) is 4.79 Å². The van der Waals surface area contributed by atoms with Crippen molar-refractivity contribution in [3.05, 3.63) is 47.8 Å². The number of benzene rings is 1. The molecule has 1 aromatic heterocycles. The van der Waals surface area contributed by atoms with Crippen molar-refractivity contribution in [3.63, 3.8) is 0 Å². The summed E-state index contributed by atoms with van der Waals surface area (Å²) in [5.41, 5.74) is 1.60. The number of ether oxygens (including phenoxy) is 1. The summed E-state index contributed by atoms with van der Waals surface area (Å²) in [5.74, 6) is -0.212. The SMILES string of the molecule is CCOC(=O)c1ccc(Nc2ncc(C(=O)NC(C)C)cn2)cc1. The molecule has 0 aliphatic rings. The van der Waals surface area contributed by atoms with Gasteiger partial charge >= 0.3 is 5.97 Å². The molecule has 7 heteroatoms. The first-order chi connectivity index (χ1) is 11.5. The Kier molecular flexibility index (Phi) is 5.83. The topological polar surface area (TPSA) is 93.2 Å². The van der Waals surface area contributed by atoms with Gasteiger partial charge in [-0.15, -0.1) is 0 Å². The molecule has 0 atom stereocenters. The third-order valence-corrected chi connectivity index (χ3v) is 2.99. The van der Waals surface area contributed by atoms with Gasteiger partial charge in [0, 0.05) is 24.1 Å². The van der Waals surface area contributed by atoms with E-state index in [0.717, 1.165) is 5.69 Å². The van der Waals surface area contributed by atoms with Crippen LogP contribution in [0.25, 0.3) is 0 Å². The molecule has 0 saturated heterocycles. The summed E-state index contributed by atoms with van der Waals surface area (Å²) in [6.45, 7) is 5.86. The largest absolute Gasteiger partial charge is 0.462 e. The number of rotatable bonds is 6. The molecule has 0 aliphatic carbocycles. The van der Waals surface area contributed by atoms with Crippen LogP contribution in [0.15, 0.2) is 36.7 Å². The molecule has 126 valence electrons. The first-order valence-corrected chi connectivity index (χ1v) is 7.66. The molecule has 7 nitrogen and oxygen atoms in total. The summed E-state index contributed by atoms with van der Waals surface area (Å²) in [4.78, 5) is 31.6. The third kappa shape index (κ3) is 4.77. The summed E-state index contributed by atoms with van der Waals surface area (Å²) in [5, 5.41) is 5.78. The Balaban J connectivity index is 2.01. The second kappa shape index (κ2) is 8.05. The summed E-state index contributed by atoms with van der Waals surface area (Å²) < 4.78 is 4.93. The zero-order chi connectivity index (χ0) is 17.5. The fraction of sp³-hybridized carbons (Fsp3) is 0.294. The van der Waals surface area contributed by atoms with Crippen LogP contribution in [-0.2, 0) is 4.74 Å². The molecule has 2 aromatic rings. The zero-order valence-electron chi connectivity index (χ0n) is 13.9. The Morgan fingerprint density at radius 1 is 1.08 bits per heavy atom. The highest BCUT2D eigenvalue weighted by atomic mass is 16.5. The van der Waals surface area contributed by atoms with Crippen LogP contribution in [0, 0.1) is 0 Å². The maximum absolute atomic E-state index is 11.8. The monoisotopic (exact) mass is 328 g/mol. The molecular formula is C17H20N4O3. The van der Waals surface area contributed by atoms with Crippen molar-refractivity contribution in [2.75, 3.05) is 11.9 Å². The van der Waals surface area contributed by atoms with Crippen molar-refractivity contribution in [1.29, 1.82) is 0 Å². The number of carbonyl (C=O) groups excluding carboxylic acids is 2. The van der Waals surface area contributed by atoms with Crippen molar-refractivity contribution in [3.8, 4) is 0 Å². The van der Waals surface area contributed by atoms with Crippen molar-refractivity contribution in [2.45, 2.75) is 26.8 Å². The Morgan fingerprint density at radius 2 is 1.71 bits per heavy atom. The molecule has 0 spiro atoms. The van der Waals surface area contributed by atoms with Crippen LogP contribution < -0.4 is 10.6 Å². The summed E-state index contributed by atoms with van der Waals surface area (Å²) in [7, 11) is 0. The fourth-order valence-corrected chi connectivity index (χ4v) is 1.89. The molecule has 0 radical (unpaired) electrons. The van der Waals surface area contributed by atoms with E-state index in [1.54, 1.807) is 31.2 Å². The van der Waals surface area contributed by atoms with Gasteiger partial charge in [-0.25, -0.2) is 14.8 Å². The highest BCUT2D eigenvalue weighted by molar-refractivity contribution is 5.93. The zero-order valence-corrected chi connectivity index (χ0v) is 13.9. The Labute approximate surface area is 140 Å². The standard InChI is InChI=1S/C17H20N4O3/c1-4-24-16(23)12-5-7-14(8-6-12)21-17-18-9-13(10-19-17)15(22)20-11(2)3/h5-11H,4H2,1-3H3,(H,20,22)(H,18,19,21). The summed E-state index contributed by atoms with van der Waals surface area (Å²) in [6, 6.07) is 6.83. The van der Waals surface area contributed by atoms with E-state index in [9.17, 15) is 9.59 Å². The molecule has 0 bridgehead atoms. The van der Waals surface area contributed by atoms with Gasteiger partial charge in [-0.1, -0.05) is 0 Å². The molecule has 0 saturated carbocycles. The van der Waals surface area contributed by atoms with Gasteiger partial charge in [0.1, 0.15) is 0 Å². The number of nitrogens with zero attached hydrogens (tertiary/aromatic N) is 2. The van der Waals surface area contributed by atoms with Gasteiger partial charge in [0.05, 0.1) is 17.7 Å². The van der Waals surface area contributed by atoms with Crippen molar-refractivity contribution < 1.29 is 14.3 Å². The average molecular weight is 328 g/mol. The molecule has 1 aromatic carbocycles. The van der Waals surface area contributed by atoms with Gasteiger partial charge in [-0.05, 0) is 45.0 Å². The molecule has 24 heavy (non-hydrogen) atoms. The Hall–Kier alpha value is -2.96. The molecule has 0 fully saturated rings. The van der Waals surface area contributed by atoms with Gasteiger partial charge in [0.15, 0.2) is 0 Å². The van der Waals surface area contributed by atoms with Crippen LogP contribution in [0.1, 0.15) is 41.5 Å². The van der Waals surface area contributed by atoms with Gasteiger partial charge in [-0.2, -0.15) is 0 Å². The molecule has 0 unspecified atom stereocenters. The average Bonchev–Trinajstić information content (AvgIpc) is 2.56. The predicted molar refractivity (Wildman–Crippen MR) is 90.3 cm³/mol. The lowest BCUT2D eigenvalue weighted by Gasteiger charge is -2.09. The lowest BCUT2D eigenvalue weighted by atomic mass is 10.2. The number of esters is 1. The van der Waals surface area contributed by atoms with E-state index < -0.39 is 0 Å². The van der Waals surface area contributed by atoms with E-state index in [4.69, 9.17) is 4.74 Å². The number of carbonyl (C=O) groups is 2. The predicted octanol–water partition coefficient (Wildman–Crippen LogP) is 2.54. The highest BCUT2D eigenvalue weighted by Crippen LogP contribution is 2.14. The molecule has 1 amide bonds. The van der Waals surface area contributed by atoms with Crippen molar-refractivity contribution in [1.82, 2.24) is 15.3 Å². The quantitative estimate of drug-likeness (QED) is 0.792. The normalized spacial score (nSPS) is 10.3. The number of amides is 1. The number of anilines is 2. The highest BCUT2D eigenvalue weighted by Gasteiger charge is 2.09. The Morgan fingerprint density at radius 3 is 2.25 bits per heavy atom. The molecule has 2 rings (SSSR count). The summed E-state index contributed by atoms with van der Waals surface area (Å²) >= 11 is 0. The smallest absolute Gasteiger partial charge is 0.338 e. The maximum Gasteiger partial charge on any atom is 0.338 e. The van der Waals surface area contributed by atoms with Crippen LogP contribution in [0.2, 0.25) is 0 Å². The van der Waals surface area contributed by atoms with Crippen LogP contribution in [-0.4, -0.2) is 34.5 Å². The van der Waals surface area contributed by atoms with E-state index >= 15 is 0 Å². The molecule has 2 N–H and O–H groups in total. The summed E-state index contributed by atoms with van der Waals surface area (Å²) in [6.07, 6.45) is 2.92. The third-order valence-electron chi connectivity index (χ3n) is 2.99. The van der Waals surface area contributed by atoms with Crippen LogP contribution in [0.4, 0.5) is 11.6 Å². The van der Waals surface area contributed by atoms with E-state index in [1.807, 2.05) is 13.8 Å². The van der Waals surface area contributed by atoms with Crippen LogP contribution in [0.3, 0.4) is 0 Å².